The van der Waals surface area contributed by atoms with Gasteiger partial charge in [-0.2, -0.15) is 21.4 Å². The van der Waals surface area contributed by atoms with E-state index in [9.17, 15) is 16.8 Å². The molecular weight excluding hydrogens is 697 g/mol. The first-order valence-electron chi connectivity index (χ1n) is 16.3. The second-order valence-electron chi connectivity index (χ2n) is 11.7. The SMILES string of the molecule is CCC(=C/c1oc2ccc(-c3ccccc3)cc2[n+]1CCCOS(=O)(=O)O)/C=C1\Oc2ccc(-c3ccccc3)cc2N1CCCOS(=O)(=O)O. The molecule has 1 aliphatic rings. The number of fused-ring (bicyclic) bond motifs is 2. The number of nitrogens with zero attached hydrogens (tertiary/aromatic N) is 2. The Balaban J connectivity index is 1.36. The van der Waals surface area contributed by atoms with E-state index >= 15 is 0 Å². The molecule has 0 bridgehead atoms. The van der Waals surface area contributed by atoms with Crippen LogP contribution in [0.4, 0.5) is 5.69 Å². The van der Waals surface area contributed by atoms with Gasteiger partial charge in [-0.3, -0.25) is 9.11 Å². The van der Waals surface area contributed by atoms with Crippen LogP contribution in [0, 0.1) is 0 Å². The maximum Gasteiger partial charge on any atom is 0.397 e. The highest BCUT2D eigenvalue weighted by Crippen LogP contribution is 2.42. The van der Waals surface area contributed by atoms with Gasteiger partial charge in [0.25, 0.3) is 5.52 Å². The average Bonchev–Trinajstić information content (AvgIpc) is 3.63. The molecule has 0 saturated heterocycles. The van der Waals surface area contributed by atoms with E-state index in [1.165, 1.54) is 0 Å². The molecule has 0 unspecified atom stereocenters. The summed E-state index contributed by atoms with van der Waals surface area (Å²) in [6.45, 7) is 2.19. The van der Waals surface area contributed by atoms with Crippen molar-refractivity contribution in [2.45, 2.75) is 32.7 Å². The van der Waals surface area contributed by atoms with Crippen LogP contribution >= 0.6 is 0 Å². The van der Waals surface area contributed by atoms with E-state index < -0.39 is 20.8 Å². The van der Waals surface area contributed by atoms with Crippen LogP contribution < -0.4 is 14.2 Å². The normalized spacial score (nSPS) is 14.3. The van der Waals surface area contributed by atoms with Crippen molar-refractivity contribution in [2.75, 3.05) is 24.7 Å². The van der Waals surface area contributed by atoms with Gasteiger partial charge in [0.2, 0.25) is 11.5 Å². The number of oxazole rings is 1. The first-order valence-corrected chi connectivity index (χ1v) is 19.0. The Bertz CT molecular complexity index is 2290. The van der Waals surface area contributed by atoms with Gasteiger partial charge in [0.15, 0.2) is 12.3 Å². The van der Waals surface area contributed by atoms with Crippen molar-refractivity contribution in [1.82, 2.24) is 0 Å². The Morgan fingerprint density at radius 3 is 2.02 bits per heavy atom. The van der Waals surface area contributed by atoms with E-state index in [2.05, 4.69) is 8.37 Å². The number of hydrogen-bond acceptors (Lipinski definition) is 9. The predicted octanol–water partition coefficient (Wildman–Crippen LogP) is 7.01. The second-order valence-corrected chi connectivity index (χ2v) is 13.9. The average molecular weight is 734 g/mol. The van der Waals surface area contributed by atoms with Gasteiger partial charge in [0, 0.05) is 25.1 Å². The molecule has 14 heteroatoms. The third kappa shape index (κ3) is 9.29. The summed E-state index contributed by atoms with van der Waals surface area (Å²) < 4.78 is 86.6. The molecule has 0 aliphatic carbocycles. The van der Waals surface area contributed by atoms with E-state index in [1.54, 1.807) is 0 Å². The number of allylic oxidation sites excluding steroid dienone is 2. The predicted molar refractivity (Wildman–Crippen MR) is 192 cm³/mol. The van der Waals surface area contributed by atoms with E-state index in [0.29, 0.717) is 42.6 Å². The Morgan fingerprint density at radius 2 is 1.39 bits per heavy atom. The van der Waals surface area contributed by atoms with Gasteiger partial charge in [-0.25, -0.2) is 8.37 Å². The molecule has 0 saturated carbocycles. The van der Waals surface area contributed by atoms with Crippen molar-refractivity contribution in [1.29, 1.82) is 0 Å². The summed E-state index contributed by atoms with van der Waals surface area (Å²) in [6.07, 6.45) is 4.88. The molecule has 2 N–H and O–H groups in total. The van der Waals surface area contributed by atoms with E-state index in [0.717, 1.165) is 39.0 Å². The summed E-state index contributed by atoms with van der Waals surface area (Å²) in [7, 11) is -9.16. The molecule has 12 nitrogen and oxygen atoms in total. The largest absolute Gasteiger partial charge is 0.439 e. The van der Waals surface area contributed by atoms with Crippen LogP contribution in [-0.4, -0.2) is 45.7 Å². The fourth-order valence-electron chi connectivity index (χ4n) is 5.84. The third-order valence-electron chi connectivity index (χ3n) is 8.22. The molecule has 1 aromatic heterocycles. The molecule has 6 rings (SSSR count). The smallest absolute Gasteiger partial charge is 0.397 e. The summed E-state index contributed by atoms with van der Waals surface area (Å²) >= 11 is 0. The zero-order valence-corrected chi connectivity index (χ0v) is 29.3. The number of ether oxygens (including phenoxy) is 1. The zero-order valence-electron chi connectivity index (χ0n) is 27.7. The highest BCUT2D eigenvalue weighted by atomic mass is 32.3. The van der Waals surface area contributed by atoms with Crippen molar-refractivity contribution >= 4 is 43.7 Å². The highest BCUT2D eigenvalue weighted by molar-refractivity contribution is 7.81. The van der Waals surface area contributed by atoms with Crippen LogP contribution in [-0.2, 0) is 35.7 Å². The number of aromatic nitrogens is 1. The minimum Gasteiger partial charge on any atom is -0.439 e. The molecule has 4 aromatic carbocycles. The van der Waals surface area contributed by atoms with E-state index in [1.807, 2.05) is 126 Å². The molecule has 0 fully saturated rings. The Morgan fingerprint density at radius 1 is 0.784 bits per heavy atom. The Labute approximate surface area is 296 Å². The first kappa shape index (κ1) is 36.0. The van der Waals surface area contributed by atoms with Gasteiger partial charge in [-0.05, 0) is 58.9 Å². The van der Waals surface area contributed by atoms with Gasteiger partial charge in [-0.1, -0.05) is 79.7 Å². The van der Waals surface area contributed by atoms with Crippen LogP contribution in [0.1, 0.15) is 32.1 Å². The lowest BCUT2D eigenvalue weighted by atomic mass is 10.0. The van der Waals surface area contributed by atoms with Gasteiger partial charge in [-0.15, -0.1) is 0 Å². The summed E-state index contributed by atoms with van der Waals surface area (Å²) in [5, 5.41) is 0. The number of rotatable bonds is 15. The first-order chi connectivity index (χ1) is 24.5. The number of anilines is 1. The zero-order chi connectivity index (χ0) is 36.0. The van der Waals surface area contributed by atoms with E-state index in [4.69, 9.17) is 18.3 Å². The van der Waals surface area contributed by atoms with Crippen molar-refractivity contribution in [3.63, 3.8) is 0 Å². The van der Waals surface area contributed by atoms with Crippen LogP contribution in [0.25, 0.3) is 39.4 Å². The molecule has 0 atom stereocenters. The molecule has 1 aliphatic heterocycles. The lowest BCUT2D eigenvalue weighted by molar-refractivity contribution is -0.678. The van der Waals surface area contributed by atoms with Crippen LogP contribution in [0.2, 0.25) is 0 Å². The summed E-state index contributed by atoms with van der Waals surface area (Å²) in [5.41, 5.74) is 7.03. The highest BCUT2D eigenvalue weighted by Gasteiger charge is 2.28. The van der Waals surface area contributed by atoms with Crippen LogP contribution in [0.15, 0.2) is 119 Å². The third-order valence-corrected chi connectivity index (χ3v) is 9.15. The summed E-state index contributed by atoms with van der Waals surface area (Å²) in [6, 6.07) is 31.5. The number of hydrogen-bond donors (Lipinski definition) is 2. The molecule has 0 amide bonds. The minimum absolute atomic E-state index is 0.224. The maximum atomic E-state index is 11.2. The number of benzene rings is 4. The fraction of sp³-hybridized carbons (Fsp3) is 0.216. The van der Waals surface area contributed by atoms with Gasteiger partial charge in [0.1, 0.15) is 0 Å². The summed E-state index contributed by atoms with van der Waals surface area (Å²) in [5.74, 6) is 1.63. The Hall–Kier alpha value is -4.83. The summed E-state index contributed by atoms with van der Waals surface area (Å²) in [4.78, 5) is 1.93. The van der Waals surface area contributed by atoms with Gasteiger partial charge in [0.05, 0.1) is 25.0 Å². The monoisotopic (exact) mass is 733 g/mol. The molecule has 266 valence electrons. The van der Waals surface area contributed by atoms with Crippen molar-refractivity contribution in [3.05, 3.63) is 120 Å². The van der Waals surface area contributed by atoms with Crippen molar-refractivity contribution in [3.8, 4) is 28.0 Å². The molecule has 5 aromatic rings. The lowest BCUT2D eigenvalue weighted by Crippen LogP contribution is -2.36. The van der Waals surface area contributed by atoms with Gasteiger partial charge >= 0.3 is 26.7 Å². The topological polar surface area (TPSA) is 157 Å². The molecule has 0 spiro atoms. The lowest BCUT2D eigenvalue weighted by Gasteiger charge is -2.19. The minimum atomic E-state index is -4.58. The van der Waals surface area contributed by atoms with Crippen molar-refractivity contribution < 1.29 is 48.0 Å². The molecule has 0 radical (unpaired) electrons. The fourth-order valence-corrected chi connectivity index (χ4v) is 6.49. The molecular formula is C37H37N2O10S2+. The van der Waals surface area contributed by atoms with Crippen LogP contribution in [0.5, 0.6) is 5.75 Å². The molecule has 2 heterocycles. The van der Waals surface area contributed by atoms with Gasteiger partial charge < -0.3 is 14.1 Å². The number of aryl methyl sites for hydroxylation is 1. The quantitative estimate of drug-likeness (QED) is 0.0648. The Kier molecular flexibility index (Phi) is 11.0. The second kappa shape index (κ2) is 15.6. The maximum absolute atomic E-state index is 11.2. The molecule has 51 heavy (non-hydrogen) atoms. The standard InChI is InChI=1S/C37H36N2O10S2/c1-2-27(23-36-38(19-9-21-46-50(40,41)42)32-25-30(15-17-34(32)48-36)28-11-5-3-6-12-28)24-37-39(20-10-22-47-51(43,44)45)33-26-31(16-18-35(33)49-37)29-13-7-4-8-14-29/h3-8,11-18,23-26H,2,9-10,19-22H2,1H3,(H-,40,41,42,43,44,45)/p+1. The van der Waals surface area contributed by atoms with Crippen LogP contribution in [0.3, 0.4) is 0 Å². The van der Waals surface area contributed by atoms with Crippen molar-refractivity contribution in [2.24, 2.45) is 0 Å². The van der Waals surface area contributed by atoms with E-state index in [-0.39, 0.29) is 26.1 Å².